The predicted molar refractivity (Wildman–Crippen MR) is 190 cm³/mol. The molecule has 0 saturated carbocycles. The number of benzene rings is 2. The van der Waals surface area contributed by atoms with Crippen LogP contribution in [0.15, 0.2) is 6.07 Å². The van der Waals surface area contributed by atoms with E-state index in [4.69, 9.17) is 33.2 Å². The maximum absolute atomic E-state index is 13.6. The fourth-order valence-corrected chi connectivity index (χ4v) is 8.45. The lowest BCUT2D eigenvalue weighted by molar-refractivity contribution is -0.132. The van der Waals surface area contributed by atoms with Crippen molar-refractivity contribution in [1.82, 2.24) is 20.4 Å². The van der Waals surface area contributed by atoms with Crippen molar-refractivity contribution in [2.75, 3.05) is 41.4 Å². The Hall–Kier alpha value is -4.78. The third-order valence-corrected chi connectivity index (χ3v) is 10.4. The average Bonchev–Trinajstić information content (AvgIpc) is 3.57. The summed E-state index contributed by atoms with van der Waals surface area (Å²) >= 11 is 0. The van der Waals surface area contributed by atoms with Gasteiger partial charge in [-0.15, -0.1) is 0 Å². The van der Waals surface area contributed by atoms with Crippen molar-refractivity contribution in [2.45, 2.75) is 103 Å². The molecular weight excluding hydrogens is 686 g/mol. The molecule has 2 amide bonds. The molecule has 4 aliphatic heterocycles. The fraction of sp³-hybridized carbons (Fsp3) is 0.579. The topological polar surface area (TPSA) is 170 Å². The maximum Gasteiger partial charge on any atom is 0.408 e. The van der Waals surface area contributed by atoms with Crippen LogP contribution in [0.5, 0.6) is 28.7 Å². The third-order valence-electron chi connectivity index (χ3n) is 10.4. The minimum Gasteiger partial charge on any atom is -0.493 e. The van der Waals surface area contributed by atoms with Crippen LogP contribution in [0.3, 0.4) is 0 Å². The van der Waals surface area contributed by atoms with Gasteiger partial charge in [-0.25, -0.2) is 4.79 Å². The zero-order valence-electron chi connectivity index (χ0n) is 32.0. The van der Waals surface area contributed by atoms with E-state index in [-0.39, 0.29) is 32.2 Å². The van der Waals surface area contributed by atoms with Crippen molar-refractivity contribution in [3.05, 3.63) is 39.4 Å². The fourth-order valence-electron chi connectivity index (χ4n) is 8.45. The van der Waals surface area contributed by atoms with Gasteiger partial charge in [0.2, 0.25) is 12.7 Å². The minimum absolute atomic E-state index is 0.00636. The van der Waals surface area contributed by atoms with Gasteiger partial charge in [-0.2, -0.15) is 5.26 Å². The number of methoxy groups -OCH3 is 2. The molecule has 1 fully saturated rings. The Morgan fingerprint density at radius 3 is 2.42 bits per heavy atom. The molecule has 15 nitrogen and oxygen atoms in total. The number of nitriles is 1. The molecule has 15 heteroatoms. The van der Waals surface area contributed by atoms with Gasteiger partial charge in [0.05, 0.1) is 25.3 Å². The summed E-state index contributed by atoms with van der Waals surface area (Å²) in [5, 5.41) is 16.6. The second kappa shape index (κ2) is 14.6. The van der Waals surface area contributed by atoms with E-state index in [1.807, 2.05) is 20.9 Å². The number of amides is 2. The van der Waals surface area contributed by atoms with E-state index < -0.39 is 47.7 Å². The van der Waals surface area contributed by atoms with Crippen molar-refractivity contribution in [3.63, 3.8) is 0 Å². The number of hydrogen-bond donors (Lipinski definition) is 2. The molecule has 2 aromatic carbocycles. The van der Waals surface area contributed by atoms with Crippen LogP contribution in [0.25, 0.3) is 0 Å². The van der Waals surface area contributed by atoms with E-state index in [0.29, 0.717) is 52.7 Å². The van der Waals surface area contributed by atoms with Gasteiger partial charge in [-0.1, -0.05) is 6.07 Å². The number of rotatable bonds is 9. The lowest BCUT2D eigenvalue weighted by Gasteiger charge is -2.60. The number of aryl methyl sites for hydroxylation is 1. The molecule has 1 unspecified atom stereocenters. The number of ether oxygens (including phenoxy) is 7. The zero-order chi connectivity index (χ0) is 38.5. The Morgan fingerprint density at radius 1 is 1.06 bits per heavy atom. The first-order valence-corrected chi connectivity index (χ1v) is 17.7. The quantitative estimate of drug-likeness (QED) is 0.217. The SMILES string of the molecule is COCOc1c(OC)c(C)cc2c1[C@@H]1C3Cc4c(OC(C)=O)c(C)c5c(c4[C@H](CNC(=O)[C@@H](C)NC(=O)OC(C)(C)C)N3[C@@H](C#N)[C@@H](C2)N1C)OCO5. The molecule has 6 rings (SSSR count). The van der Waals surface area contributed by atoms with Gasteiger partial charge < -0.3 is 43.8 Å². The average molecular weight is 736 g/mol. The Labute approximate surface area is 309 Å². The van der Waals surface area contributed by atoms with Crippen LogP contribution < -0.4 is 34.3 Å². The molecule has 0 aliphatic carbocycles. The highest BCUT2D eigenvalue weighted by atomic mass is 16.7. The van der Waals surface area contributed by atoms with Crippen LogP contribution in [0.2, 0.25) is 0 Å². The van der Waals surface area contributed by atoms with Gasteiger partial charge in [-0.3, -0.25) is 19.4 Å². The molecule has 2 aromatic rings. The summed E-state index contributed by atoms with van der Waals surface area (Å²) in [6.07, 6.45) is 0.182. The summed E-state index contributed by atoms with van der Waals surface area (Å²) in [5.74, 6) is 1.48. The number of fused-ring (bicyclic) bond motifs is 9. The van der Waals surface area contributed by atoms with E-state index in [9.17, 15) is 19.6 Å². The molecular formula is C38H49N5O10. The Kier molecular flexibility index (Phi) is 10.4. The van der Waals surface area contributed by atoms with Crippen LogP contribution >= 0.6 is 0 Å². The number of likely N-dealkylation sites (N-methyl/N-ethyl adjacent to an activating group) is 1. The third kappa shape index (κ3) is 6.79. The minimum atomic E-state index is -0.940. The van der Waals surface area contributed by atoms with Gasteiger partial charge in [-0.05, 0) is 72.6 Å². The summed E-state index contributed by atoms with van der Waals surface area (Å²) in [4.78, 5) is 43.2. The van der Waals surface area contributed by atoms with E-state index in [0.717, 1.165) is 22.3 Å². The Morgan fingerprint density at radius 2 is 1.77 bits per heavy atom. The molecule has 1 saturated heterocycles. The molecule has 286 valence electrons. The van der Waals surface area contributed by atoms with Gasteiger partial charge in [0.25, 0.3) is 0 Å². The summed E-state index contributed by atoms with van der Waals surface area (Å²) < 4.78 is 40.9. The number of piperazine rings is 1. The van der Waals surface area contributed by atoms with E-state index in [1.54, 1.807) is 41.9 Å². The van der Waals surface area contributed by atoms with E-state index in [2.05, 4.69) is 32.6 Å². The largest absolute Gasteiger partial charge is 0.493 e. The number of alkyl carbamates (subject to hydrolysis) is 1. The molecule has 4 heterocycles. The highest BCUT2D eigenvalue weighted by molar-refractivity contribution is 5.85. The lowest BCUT2D eigenvalue weighted by Crippen LogP contribution is -2.69. The highest BCUT2D eigenvalue weighted by Crippen LogP contribution is 2.58. The van der Waals surface area contributed by atoms with Crippen molar-refractivity contribution in [3.8, 4) is 34.8 Å². The standard InChI is InChI=1S/C38H49N5O10/c1-18-11-22-12-24-26(14-39)43-25(30(42(24)8)28(22)34(31(18)48-10)49-16-47-9)13-23-29(35-33(50-17-51-35)19(2)32(23)52-21(4)44)27(43)15-40-36(45)20(3)41-37(46)53-38(5,6)7/h11,20,24-27,30H,12-13,15-17H2,1-10H3,(H,40,45)(H,41,46)/t20-,24-,25?,26+,27+,30+/m1/s1. The normalized spacial score (nSPS) is 23.4. The van der Waals surface area contributed by atoms with E-state index >= 15 is 0 Å². The summed E-state index contributed by atoms with van der Waals surface area (Å²) in [6, 6.07) is 1.53. The summed E-state index contributed by atoms with van der Waals surface area (Å²) in [6.45, 7) is 11.9. The summed E-state index contributed by atoms with van der Waals surface area (Å²) in [7, 11) is 5.18. The first-order valence-electron chi connectivity index (χ1n) is 17.7. The monoisotopic (exact) mass is 735 g/mol. The first-order chi connectivity index (χ1) is 25.1. The summed E-state index contributed by atoms with van der Waals surface area (Å²) in [5.41, 5.74) is 4.12. The molecule has 6 atom stereocenters. The van der Waals surface area contributed by atoms with Crippen LogP contribution in [0.4, 0.5) is 4.79 Å². The van der Waals surface area contributed by atoms with Gasteiger partial charge in [0, 0.05) is 54.9 Å². The van der Waals surface area contributed by atoms with Crippen molar-refractivity contribution in [1.29, 1.82) is 5.26 Å². The predicted octanol–water partition coefficient (Wildman–Crippen LogP) is 3.75. The Bertz CT molecular complexity index is 1850. The smallest absolute Gasteiger partial charge is 0.408 e. The van der Waals surface area contributed by atoms with Crippen molar-refractivity contribution < 1.29 is 47.5 Å². The van der Waals surface area contributed by atoms with Crippen LogP contribution in [-0.2, 0) is 31.9 Å². The second-order valence-electron chi connectivity index (χ2n) is 15.0. The van der Waals surface area contributed by atoms with Crippen LogP contribution in [-0.4, -0.2) is 98.9 Å². The molecule has 53 heavy (non-hydrogen) atoms. The molecule has 2 bridgehead atoms. The number of carbonyl (C=O) groups is 3. The maximum atomic E-state index is 13.6. The van der Waals surface area contributed by atoms with Crippen LogP contribution in [0.1, 0.15) is 80.1 Å². The second-order valence-corrected chi connectivity index (χ2v) is 15.0. The zero-order valence-corrected chi connectivity index (χ0v) is 32.0. The number of hydrogen-bond acceptors (Lipinski definition) is 13. The Balaban J connectivity index is 1.51. The first kappa shape index (κ1) is 38.0. The molecule has 0 aromatic heterocycles. The van der Waals surface area contributed by atoms with Gasteiger partial charge in [0.1, 0.15) is 23.4 Å². The molecule has 4 aliphatic rings. The van der Waals surface area contributed by atoms with Gasteiger partial charge in [0.15, 0.2) is 29.8 Å². The number of nitrogens with zero attached hydrogens (tertiary/aromatic N) is 3. The number of carbonyl (C=O) groups excluding carboxylic acids is 3. The van der Waals surface area contributed by atoms with Crippen LogP contribution in [0, 0.1) is 25.2 Å². The molecule has 0 spiro atoms. The van der Waals surface area contributed by atoms with E-state index in [1.165, 1.54) is 6.92 Å². The lowest BCUT2D eigenvalue weighted by atomic mass is 9.71. The number of nitrogens with one attached hydrogen (secondary N) is 2. The van der Waals surface area contributed by atoms with Gasteiger partial charge >= 0.3 is 12.1 Å². The number of esters is 1. The molecule has 2 N–H and O–H groups in total. The highest BCUT2D eigenvalue weighted by Gasteiger charge is 2.57. The van der Waals surface area contributed by atoms with Crippen molar-refractivity contribution >= 4 is 18.0 Å². The molecule has 0 radical (unpaired) electrons. The van der Waals surface area contributed by atoms with Crippen molar-refractivity contribution in [2.24, 2.45) is 0 Å².